The molecule has 1 aromatic heterocycles. The molecule has 2 heterocycles. The highest BCUT2D eigenvalue weighted by Gasteiger charge is 2.35. The minimum atomic E-state index is -3.48. The van der Waals surface area contributed by atoms with Crippen LogP contribution >= 0.6 is 12.4 Å². The van der Waals surface area contributed by atoms with E-state index in [9.17, 15) is 8.42 Å². The molecule has 1 aliphatic rings. The molecular formula is C14H27ClN4O2S. The first-order chi connectivity index (χ1) is 9.75. The second-order valence-electron chi connectivity index (χ2n) is 6.24. The summed E-state index contributed by atoms with van der Waals surface area (Å²) in [5.41, 5.74) is 1.34. The molecule has 1 aromatic rings. The van der Waals surface area contributed by atoms with Crippen LogP contribution < -0.4 is 5.32 Å². The molecule has 1 aliphatic heterocycles. The molecular weight excluding hydrogens is 324 g/mol. The smallest absolute Gasteiger partial charge is 0.247 e. The van der Waals surface area contributed by atoms with Gasteiger partial charge < -0.3 is 5.32 Å². The average Bonchev–Trinajstić information content (AvgIpc) is 2.64. The van der Waals surface area contributed by atoms with Crippen LogP contribution in [0.1, 0.15) is 32.2 Å². The highest BCUT2D eigenvalue weighted by atomic mass is 35.5. The number of piperazine rings is 1. The molecule has 0 aliphatic carbocycles. The zero-order valence-corrected chi connectivity index (χ0v) is 15.6. The molecule has 0 bridgehead atoms. The van der Waals surface area contributed by atoms with E-state index in [2.05, 4.69) is 24.3 Å². The number of sulfonamides is 1. The van der Waals surface area contributed by atoms with Gasteiger partial charge in [0.15, 0.2) is 0 Å². The van der Waals surface area contributed by atoms with E-state index in [1.165, 1.54) is 0 Å². The molecule has 0 radical (unpaired) electrons. The van der Waals surface area contributed by atoms with Crippen molar-refractivity contribution in [2.24, 2.45) is 5.92 Å². The minimum Gasteiger partial charge on any atom is -0.314 e. The van der Waals surface area contributed by atoms with Crippen molar-refractivity contribution in [2.45, 2.75) is 52.1 Å². The van der Waals surface area contributed by atoms with E-state index >= 15 is 0 Å². The molecule has 22 heavy (non-hydrogen) atoms. The lowest BCUT2D eigenvalue weighted by Gasteiger charge is -2.32. The normalized spacial score (nSPS) is 20.2. The van der Waals surface area contributed by atoms with Gasteiger partial charge in [0.1, 0.15) is 4.90 Å². The van der Waals surface area contributed by atoms with Crippen molar-refractivity contribution in [3.05, 3.63) is 11.4 Å². The number of aromatic nitrogens is 2. The van der Waals surface area contributed by atoms with Crippen LogP contribution in [0.5, 0.6) is 0 Å². The van der Waals surface area contributed by atoms with E-state index < -0.39 is 10.0 Å². The zero-order chi connectivity index (χ0) is 15.8. The van der Waals surface area contributed by atoms with Crippen molar-refractivity contribution >= 4 is 22.4 Å². The lowest BCUT2D eigenvalue weighted by Crippen LogP contribution is -2.52. The highest BCUT2D eigenvalue weighted by molar-refractivity contribution is 7.89. The molecule has 1 N–H and O–H groups in total. The van der Waals surface area contributed by atoms with Gasteiger partial charge >= 0.3 is 0 Å². The lowest BCUT2D eigenvalue weighted by atomic mass is 10.2. The zero-order valence-electron chi connectivity index (χ0n) is 14.0. The van der Waals surface area contributed by atoms with Crippen molar-refractivity contribution < 1.29 is 8.42 Å². The Kier molecular flexibility index (Phi) is 6.44. The van der Waals surface area contributed by atoms with E-state index in [0.717, 1.165) is 12.2 Å². The van der Waals surface area contributed by atoms with Crippen molar-refractivity contribution in [3.63, 3.8) is 0 Å². The molecule has 0 amide bonds. The number of aryl methyl sites for hydroxylation is 1. The number of hydrogen-bond acceptors (Lipinski definition) is 4. The number of halogens is 1. The first-order valence-electron chi connectivity index (χ1n) is 7.51. The maximum atomic E-state index is 13.0. The van der Waals surface area contributed by atoms with Crippen LogP contribution in [0.3, 0.4) is 0 Å². The lowest BCUT2D eigenvalue weighted by molar-refractivity contribution is 0.283. The van der Waals surface area contributed by atoms with E-state index in [-0.39, 0.29) is 18.4 Å². The fourth-order valence-electron chi connectivity index (χ4n) is 2.87. The molecule has 6 nitrogen and oxygen atoms in total. The summed E-state index contributed by atoms with van der Waals surface area (Å²) < 4.78 is 29.4. The monoisotopic (exact) mass is 350 g/mol. The SMILES string of the molecule is Cc1nn(CC(C)C)c(C)c1S(=O)(=O)N1CCNCC1C.Cl. The number of rotatable bonds is 4. The standard InChI is InChI=1S/C14H26N4O2S.ClH/c1-10(2)9-17-13(5)14(12(4)16-17)21(19,20)18-7-6-15-8-11(18)3;/h10-11,15H,6-9H2,1-5H3;1H. The second-order valence-corrected chi connectivity index (χ2v) is 8.07. The third kappa shape index (κ3) is 3.64. The summed E-state index contributed by atoms with van der Waals surface area (Å²) in [6.07, 6.45) is 0. The fraction of sp³-hybridized carbons (Fsp3) is 0.786. The van der Waals surface area contributed by atoms with Crippen LogP contribution in [-0.2, 0) is 16.6 Å². The third-order valence-corrected chi connectivity index (χ3v) is 6.13. The summed E-state index contributed by atoms with van der Waals surface area (Å²) in [6.45, 7) is 12.4. The van der Waals surface area contributed by atoms with E-state index in [4.69, 9.17) is 0 Å². The molecule has 0 spiro atoms. The number of hydrogen-bond donors (Lipinski definition) is 1. The Morgan fingerprint density at radius 1 is 1.36 bits per heavy atom. The second kappa shape index (κ2) is 7.29. The summed E-state index contributed by atoms with van der Waals surface area (Å²) in [4.78, 5) is 0.386. The third-order valence-electron chi connectivity index (χ3n) is 3.86. The summed E-state index contributed by atoms with van der Waals surface area (Å²) in [5.74, 6) is 0.427. The van der Waals surface area contributed by atoms with Gasteiger partial charge in [-0.2, -0.15) is 9.40 Å². The predicted molar refractivity (Wildman–Crippen MR) is 90.0 cm³/mol. The molecule has 8 heteroatoms. The summed E-state index contributed by atoms with van der Waals surface area (Å²) in [6, 6.07) is -0.0315. The van der Waals surface area contributed by atoms with Gasteiger partial charge in [-0.05, 0) is 26.7 Å². The van der Waals surface area contributed by atoms with Crippen LogP contribution in [0.4, 0.5) is 0 Å². The van der Waals surface area contributed by atoms with Crippen molar-refractivity contribution in [1.29, 1.82) is 0 Å². The Balaban J connectivity index is 0.00000242. The number of nitrogens with zero attached hydrogens (tertiary/aromatic N) is 3. The van der Waals surface area contributed by atoms with Gasteiger partial charge in [-0.25, -0.2) is 8.42 Å². The van der Waals surface area contributed by atoms with Crippen LogP contribution in [0.15, 0.2) is 4.90 Å². The molecule has 1 saturated heterocycles. The predicted octanol–water partition coefficient (Wildman–Crippen LogP) is 1.56. The van der Waals surface area contributed by atoms with Gasteiger partial charge in [-0.1, -0.05) is 13.8 Å². The van der Waals surface area contributed by atoms with E-state index in [1.54, 1.807) is 11.2 Å². The van der Waals surface area contributed by atoms with Gasteiger partial charge in [0, 0.05) is 32.2 Å². The van der Waals surface area contributed by atoms with E-state index in [0.29, 0.717) is 36.1 Å². The van der Waals surface area contributed by atoms with E-state index in [1.807, 2.05) is 18.5 Å². The summed E-state index contributed by atoms with van der Waals surface area (Å²) in [7, 11) is -3.48. The number of nitrogens with one attached hydrogen (secondary N) is 1. The van der Waals surface area contributed by atoms with Gasteiger partial charge in [0.25, 0.3) is 0 Å². The van der Waals surface area contributed by atoms with Crippen LogP contribution in [0.25, 0.3) is 0 Å². The molecule has 1 atom stereocenters. The maximum absolute atomic E-state index is 13.0. The van der Waals surface area contributed by atoms with Gasteiger partial charge in [0.2, 0.25) is 10.0 Å². The van der Waals surface area contributed by atoms with Crippen LogP contribution in [-0.4, -0.2) is 48.2 Å². The van der Waals surface area contributed by atoms with Crippen molar-refractivity contribution in [2.75, 3.05) is 19.6 Å². The van der Waals surface area contributed by atoms with Gasteiger partial charge in [-0.3, -0.25) is 4.68 Å². The summed E-state index contributed by atoms with van der Waals surface area (Å²) in [5, 5.41) is 7.65. The Morgan fingerprint density at radius 3 is 2.55 bits per heavy atom. The Hall–Kier alpha value is -0.630. The fourth-order valence-corrected chi connectivity index (χ4v) is 4.88. The summed E-state index contributed by atoms with van der Waals surface area (Å²) >= 11 is 0. The average molecular weight is 351 g/mol. The quantitative estimate of drug-likeness (QED) is 0.894. The molecule has 0 aromatic carbocycles. The van der Waals surface area contributed by atoms with Gasteiger partial charge in [-0.15, -0.1) is 12.4 Å². The molecule has 128 valence electrons. The molecule has 2 rings (SSSR count). The highest BCUT2D eigenvalue weighted by Crippen LogP contribution is 2.26. The Labute approximate surface area is 139 Å². The Bertz CT molecular complexity index is 613. The first-order valence-corrected chi connectivity index (χ1v) is 8.95. The minimum absolute atomic E-state index is 0. The maximum Gasteiger partial charge on any atom is 0.247 e. The Morgan fingerprint density at radius 2 is 2.00 bits per heavy atom. The topological polar surface area (TPSA) is 67.2 Å². The molecule has 0 saturated carbocycles. The molecule has 1 unspecified atom stereocenters. The van der Waals surface area contributed by atoms with Crippen LogP contribution in [0, 0.1) is 19.8 Å². The largest absolute Gasteiger partial charge is 0.314 e. The van der Waals surface area contributed by atoms with Crippen molar-refractivity contribution in [1.82, 2.24) is 19.4 Å². The molecule has 1 fully saturated rings. The van der Waals surface area contributed by atoms with Crippen LogP contribution in [0.2, 0.25) is 0 Å². The first kappa shape index (κ1) is 19.4. The van der Waals surface area contributed by atoms with Crippen molar-refractivity contribution in [3.8, 4) is 0 Å². The van der Waals surface area contributed by atoms with Gasteiger partial charge in [0.05, 0.1) is 11.4 Å².